The molecule has 6 nitrogen and oxygen atoms in total. The zero-order valence-corrected chi connectivity index (χ0v) is 13.1. The zero-order valence-electron chi connectivity index (χ0n) is 13.1. The molecule has 3 rings (SSSR count). The minimum atomic E-state index is -0.307. The lowest BCUT2D eigenvalue weighted by Gasteiger charge is -2.08. The Bertz CT molecular complexity index is 820. The van der Waals surface area contributed by atoms with Gasteiger partial charge in [0.05, 0.1) is 7.11 Å². The number of carbonyl (C=O) groups is 1. The molecule has 120 valence electrons. The van der Waals surface area contributed by atoms with Crippen LogP contribution in [-0.2, 0) is 0 Å². The summed E-state index contributed by atoms with van der Waals surface area (Å²) in [5.41, 5.74) is 1.79. The molecule has 0 aliphatic heterocycles. The number of carbonyl (C=O) groups excluding carboxylic acids is 1. The van der Waals surface area contributed by atoms with E-state index < -0.39 is 0 Å². The van der Waals surface area contributed by atoms with E-state index in [-0.39, 0.29) is 11.6 Å². The predicted octanol–water partition coefficient (Wildman–Crippen LogP) is 3.48. The van der Waals surface area contributed by atoms with Crippen LogP contribution in [0.1, 0.15) is 10.5 Å². The standard InChI is InChI=1S/C18H16N4O2/c1-24-15-9-7-14(8-10-15)20-17(23)16-11-12-19-18(22-16)21-13-5-3-2-4-6-13/h2-12H,1H3,(H,20,23)(H,19,21,22). The normalized spacial score (nSPS) is 10.0. The summed E-state index contributed by atoms with van der Waals surface area (Å²) in [6.45, 7) is 0. The summed E-state index contributed by atoms with van der Waals surface area (Å²) in [5.74, 6) is 0.784. The summed E-state index contributed by atoms with van der Waals surface area (Å²) in [7, 11) is 1.59. The Balaban J connectivity index is 1.71. The molecule has 0 aliphatic carbocycles. The maximum Gasteiger partial charge on any atom is 0.274 e. The van der Waals surface area contributed by atoms with Crippen LogP contribution < -0.4 is 15.4 Å². The number of rotatable bonds is 5. The van der Waals surface area contributed by atoms with Gasteiger partial charge in [0.15, 0.2) is 0 Å². The maximum absolute atomic E-state index is 12.3. The molecule has 0 bridgehead atoms. The summed E-state index contributed by atoms with van der Waals surface area (Å²) < 4.78 is 5.09. The Labute approximate surface area is 139 Å². The topological polar surface area (TPSA) is 76.1 Å². The zero-order chi connectivity index (χ0) is 16.8. The summed E-state index contributed by atoms with van der Waals surface area (Å²) in [5, 5.41) is 5.85. The average molecular weight is 320 g/mol. The number of benzene rings is 2. The van der Waals surface area contributed by atoms with E-state index in [2.05, 4.69) is 20.6 Å². The van der Waals surface area contributed by atoms with Gasteiger partial charge in [-0.15, -0.1) is 0 Å². The van der Waals surface area contributed by atoms with Crippen LogP contribution in [0.5, 0.6) is 5.75 Å². The molecule has 0 unspecified atom stereocenters. The van der Waals surface area contributed by atoms with Crippen molar-refractivity contribution in [3.8, 4) is 5.75 Å². The molecule has 2 aromatic carbocycles. The molecule has 1 aromatic heterocycles. The Morgan fingerprint density at radius 3 is 2.42 bits per heavy atom. The van der Waals surface area contributed by atoms with E-state index in [1.54, 1.807) is 43.6 Å². The van der Waals surface area contributed by atoms with Gasteiger partial charge in [0.2, 0.25) is 5.95 Å². The van der Waals surface area contributed by atoms with Gasteiger partial charge < -0.3 is 15.4 Å². The van der Waals surface area contributed by atoms with Crippen LogP contribution >= 0.6 is 0 Å². The van der Waals surface area contributed by atoms with Crippen molar-refractivity contribution in [2.24, 2.45) is 0 Å². The molecule has 1 heterocycles. The van der Waals surface area contributed by atoms with Crippen molar-refractivity contribution in [3.05, 3.63) is 72.6 Å². The van der Waals surface area contributed by atoms with Crippen molar-refractivity contribution < 1.29 is 9.53 Å². The fourth-order valence-electron chi connectivity index (χ4n) is 2.07. The van der Waals surface area contributed by atoms with Gasteiger partial charge in [0, 0.05) is 17.6 Å². The fraction of sp³-hybridized carbons (Fsp3) is 0.0556. The fourth-order valence-corrected chi connectivity index (χ4v) is 2.07. The average Bonchev–Trinajstić information content (AvgIpc) is 2.63. The summed E-state index contributed by atoms with van der Waals surface area (Å²) in [4.78, 5) is 20.7. The largest absolute Gasteiger partial charge is 0.497 e. The van der Waals surface area contributed by atoms with Crippen molar-refractivity contribution in [3.63, 3.8) is 0 Å². The molecule has 6 heteroatoms. The monoisotopic (exact) mass is 320 g/mol. The Morgan fingerprint density at radius 2 is 1.71 bits per heavy atom. The number of aromatic nitrogens is 2. The maximum atomic E-state index is 12.3. The molecule has 2 N–H and O–H groups in total. The van der Waals surface area contributed by atoms with Gasteiger partial charge in [-0.2, -0.15) is 0 Å². The molecule has 0 saturated heterocycles. The van der Waals surface area contributed by atoms with Crippen LogP contribution in [0.15, 0.2) is 66.9 Å². The Hall–Kier alpha value is -3.41. The minimum absolute atomic E-state index is 0.277. The molecular formula is C18H16N4O2. The van der Waals surface area contributed by atoms with Crippen molar-refractivity contribution >= 4 is 23.2 Å². The number of ether oxygens (including phenoxy) is 1. The van der Waals surface area contributed by atoms with E-state index in [4.69, 9.17) is 4.74 Å². The van der Waals surface area contributed by atoms with Crippen molar-refractivity contribution in [1.82, 2.24) is 9.97 Å². The van der Waals surface area contributed by atoms with E-state index in [9.17, 15) is 4.79 Å². The van der Waals surface area contributed by atoms with Crippen LogP contribution in [0.25, 0.3) is 0 Å². The highest BCUT2D eigenvalue weighted by molar-refractivity contribution is 6.03. The number of nitrogens with zero attached hydrogens (tertiary/aromatic N) is 2. The molecule has 24 heavy (non-hydrogen) atoms. The molecule has 0 atom stereocenters. The molecule has 0 radical (unpaired) electrons. The second-order valence-corrected chi connectivity index (χ2v) is 4.94. The Kier molecular flexibility index (Phi) is 4.67. The van der Waals surface area contributed by atoms with Gasteiger partial charge in [0.1, 0.15) is 11.4 Å². The van der Waals surface area contributed by atoms with Crippen LogP contribution in [-0.4, -0.2) is 23.0 Å². The van der Waals surface area contributed by atoms with Crippen molar-refractivity contribution in [1.29, 1.82) is 0 Å². The van der Waals surface area contributed by atoms with E-state index in [1.807, 2.05) is 30.3 Å². The highest BCUT2D eigenvalue weighted by Gasteiger charge is 2.09. The van der Waals surface area contributed by atoms with E-state index in [0.717, 1.165) is 11.4 Å². The van der Waals surface area contributed by atoms with Gasteiger partial charge >= 0.3 is 0 Å². The van der Waals surface area contributed by atoms with Gasteiger partial charge in [-0.05, 0) is 42.5 Å². The third-order valence-corrected chi connectivity index (χ3v) is 3.27. The van der Waals surface area contributed by atoms with Gasteiger partial charge in [-0.1, -0.05) is 18.2 Å². The van der Waals surface area contributed by atoms with Crippen LogP contribution in [0.3, 0.4) is 0 Å². The smallest absolute Gasteiger partial charge is 0.274 e. The lowest BCUT2D eigenvalue weighted by molar-refractivity contribution is 0.102. The first-order valence-electron chi connectivity index (χ1n) is 7.35. The quantitative estimate of drug-likeness (QED) is 0.752. The van der Waals surface area contributed by atoms with Gasteiger partial charge in [-0.25, -0.2) is 9.97 Å². The second-order valence-electron chi connectivity index (χ2n) is 4.94. The lowest BCUT2D eigenvalue weighted by Crippen LogP contribution is -2.14. The van der Waals surface area contributed by atoms with Crippen molar-refractivity contribution in [2.75, 3.05) is 17.7 Å². The molecule has 3 aromatic rings. The van der Waals surface area contributed by atoms with Crippen LogP contribution in [0.4, 0.5) is 17.3 Å². The number of methoxy groups -OCH3 is 1. The van der Waals surface area contributed by atoms with Gasteiger partial charge in [0.25, 0.3) is 5.91 Å². The second kappa shape index (κ2) is 7.23. The highest BCUT2D eigenvalue weighted by atomic mass is 16.5. The minimum Gasteiger partial charge on any atom is -0.497 e. The third kappa shape index (κ3) is 3.86. The van der Waals surface area contributed by atoms with E-state index >= 15 is 0 Å². The number of nitrogens with one attached hydrogen (secondary N) is 2. The SMILES string of the molecule is COc1ccc(NC(=O)c2ccnc(Nc3ccccc3)n2)cc1. The lowest BCUT2D eigenvalue weighted by atomic mass is 10.3. The molecule has 1 amide bonds. The summed E-state index contributed by atoms with van der Waals surface area (Å²) in [6.07, 6.45) is 1.54. The first kappa shape index (κ1) is 15.5. The number of hydrogen-bond acceptors (Lipinski definition) is 5. The molecular weight excluding hydrogens is 304 g/mol. The first-order valence-corrected chi connectivity index (χ1v) is 7.35. The van der Waals surface area contributed by atoms with Gasteiger partial charge in [-0.3, -0.25) is 4.79 Å². The van der Waals surface area contributed by atoms with E-state index in [1.165, 1.54) is 0 Å². The van der Waals surface area contributed by atoms with Crippen LogP contribution in [0.2, 0.25) is 0 Å². The molecule has 0 saturated carbocycles. The first-order chi connectivity index (χ1) is 11.7. The number of para-hydroxylation sites is 1. The van der Waals surface area contributed by atoms with Crippen molar-refractivity contribution in [2.45, 2.75) is 0 Å². The highest BCUT2D eigenvalue weighted by Crippen LogP contribution is 2.16. The molecule has 0 fully saturated rings. The predicted molar refractivity (Wildman–Crippen MR) is 92.7 cm³/mol. The van der Waals surface area contributed by atoms with Crippen LogP contribution in [0, 0.1) is 0 Å². The third-order valence-electron chi connectivity index (χ3n) is 3.27. The number of anilines is 3. The van der Waals surface area contributed by atoms with E-state index in [0.29, 0.717) is 11.6 Å². The Morgan fingerprint density at radius 1 is 0.958 bits per heavy atom. The number of amides is 1. The number of hydrogen-bond donors (Lipinski definition) is 2. The summed E-state index contributed by atoms with van der Waals surface area (Å²) in [6, 6.07) is 18.2. The molecule has 0 spiro atoms. The summed E-state index contributed by atoms with van der Waals surface area (Å²) >= 11 is 0. The molecule has 0 aliphatic rings.